The minimum absolute atomic E-state index is 0.0555. The van der Waals surface area contributed by atoms with Crippen molar-refractivity contribution in [2.45, 2.75) is 31.7 Å². The van der Waals surface area contributed by atoms with Crippen LogP contribution in [0.1, 0.15) is 36.6 Å². The Kier molecular flexibility index (Phi) is 6.12. The molecule has 8 nitrogen and oxygen atoms in total. The van der Waals surface area contributed by atoms with Gasteiger partial charge in [-0.1, -0.05) is 12.1 Å². The molecule has 154 valence electrons. The van der Waals surface area contributed by atoms with Crippen molar-refractivity contribution < 1.29 is 9.53 Å². The SMILES string of the molecule is COc1ccc(CC(=O)N2CCCC[C@H]2c2ccnc(Nc3cncnc3)n2)cc1. The van der Waals surface area contributed by atoms with Crippen LogP contribution in [0.3, 0.4) is 0 Å². The van der Waals surface area contributed by atoms with Crippen LogP contribution >= 0.6 is 0 Å². The van der Waals surface area contributed by atoms with Crippen LogP contribution in [-0.2, 0) is 11.2 Å². The van der Waals surface area contributed by atoms with E-state index in [1.165, 1.54) is 6.33 Å². The second kappa shape index (κ2) is 9.30. The molecular formula is C22H24N6O2. The van der Waals surface area contributed by atoms with Gasteiger partial charge in [0.05, 0.1) is 43.3 Å². The Balaban J connectivity index is 1.50. The topological polar surface area (TPSA) is 93.1 Å². The summed E-state index contributed by atoms with van der Waals surface area (Å²) in [5.41, 5.74) is 2.53. The lowest BCUT2D eigenvalue weighted by atomic mass is 9.98. The van der Waals surface area contributed by atoms with E-state index in [4.69, 9.17) is 4.74 Å². The van der Waals surface area contributed by atoms with Gasteiger partial charge in [0.15, 0.2) is 0 Å². The Morgan fingerprint density at radius 2 is 1.97 bits per heavy atom. The summed E-state index contributed by atoms with van der Waals surface area (Å²) in [6.07, 6.45) is 9.82. The first-order valence-corrected chi connectivity index (χ1v) is 10.0. The molecule has 30 heavy (non-hydrogen) atoms. The van der Waals surface area contributed by atoms with E-state index in [0.29, 0.717) is 18.1 Å². The molecule has 1 N–H and O–H groups in total. The molecule has 1 fully saturated rings. The van der Waals surface area contributed by atoms with Gasteiger partial charge in [-0.05, 0) is 43.0 Å². The molecule has 1 atom stereocenters. The number of rotatable bonds is 6. The Bertz CT molecular complexity index is 980. The molecule has 3 heterocycles. The number of ether oxygens (including phenoxy) is 1. The van der Waals surface area contributed by atoms with Crippen molar-refractivity contribution in [3.05, 3.63) is 66.5 Å². The lowest BCUT2D eigenvalue weighted by Crippen LogP contribution is -2.39. The van der Waals surface area contributed by atoms with Gasteiger partial charge in [-0.2, -0.15) is 0 Å². The molecule has 1 aromatic carbocycles. The van der Waals surface area contributed by atoms with Crippen molar-refractivity contribution in [2.24, 2.45) is 0 Å². The summed E-state index contributed by atoms with van der Waals surface area (Å²) >= 11 is 0. The number of likely N-dealkylation sites (tertiary alicyclic amines) is 1. The summed E-state index contributed by atoms with van der Waals surface area (Å²) in [4.78, 5) is 32.0. The average molecular weight is 404 g/mol. The summed E-state index contributed by atoms with van der Waals surface area (Å²) in [6, 6.07) is 9.46. The van der Waals surface area contributed by atoms with Gasteiger partial charge in [0.25, 0.3) is 0 Å². The van der Waals surface area contributed by atoms with Gasteiger partial charge in [-0.15, -0.1) is 0 Å². The fourth-order valence-electron chi connectivity index (χ4n) is 3.67. The number of nitrogens with zero attached hydrogens (tertiary/aromatic N) is 5. The Hall–Kier alpha value is -3.55. The van der Waals surface area contributed by atoms with E-state index in [9.17, 15) is 4.79 Å². The van der Waals surface area contributed by atoms with Crippen molar-refractivity contribution in [3.8, 4) is 5.75 Å². The van der Waals surface area contributed by atoms with E-state index in [1.54, 1.807) is 25.7 Å². The zero-order valence-electron chi connectivity index (χ0n) is 16.9. The third kappa shape index (κ3) is 4.71. The van der Waals surface area contributed by atoms with Gasteiger partial charge in [0, 0.05) is 12.7 Å². The molecular weight excluding hydrogens is 380 g/mol. The maximum Gasteiger partial charge on any atom is 0.227 e. The van der Waals surface area contributed by atoms with E-state index >= 15 is 0 Å². The second-order valence-corrected chi connectivity index (χ2v) is 7.18. The highest BCUT2D eigenvalue weighted by Gasteiger charge is 2.29. The zero-order chi connectivity index (χ0) is 20.8. The summed E-state index contributed by atoms with van der Waals surface area (Å²) in [5.74, 6) is 1.36. The number of nitrogens with one attached hydrogen (secondary N) is 1. The van der Waals surface area contributed by atoms with Crippen LogP contribution in [0.5, 0.6) is 5.75 Å². The van der Waals surface area contributed by atoms with Gasteiger partial charge in [-0.25, -0.2) is 19.9 Å². The first kappa shape index (κ1) is 19.8. The third-order valence-corrected chi connectivity index (χ3v) is 5.17. The Labute approximate surface area is 175 Å². The van der Waals surface area contributed by atoms with Gasteiger partial charge in [0.2, 0.25) is 11.9 Å². The normalized spacial score (nSPS) is 16.2. The highest BCUT2D eigenvalue weighted by molar-refractivity contribution is 5.79. The number of aromatic nitrogens is 4. The molecule has 2 aromatic heterocycles. The monoisotopic (exact) mass is 404 g/mol. The molecule has 0 saturated carbocycles. The van der Waals surface area contributed by atoms with Crippen LogP contribution in [0.25, 0.3) is 0 Å². The molecule has 0 unspecified atom stereocenters. The van der Waals surface area contributed by atoms with Crippen LogP contribution in [-0.4, -0.2) is 44.4 Å². The number of methoxy groups -OCH3 is 1. The molecule has 1 aliphatic heterocycles. The van der Waals surface area contributed by atoms with Crippen molar-refractivity contribution in [3.63, 3.8) is 0 Å². The first-order valence-electron chi connectivity index (χ1n) is 10.0. The second-order valence-electron chi connectivity index (χ2n) is 7.18. The van der Waals surface area contributed by atoms with E-state index in [0.717, 1.165) is 42.8 Å². The van der Waals surface area contributed by atoms with E-state index < -0.39 is 0 Å². The standard InChI is InChI=1S/C22H24N6O2/c1-30-18-7-5-16(6-8-18)12-21(29)28-11-3-2-4-20(28)19-9-10-25-22(27-19)26-17-13-23-15-24-14-17/h5-10,13-15,20H,2-4,11-12H2,1H3,(H,25,26,27)/t20-/m0/s1. The van der Waals surface area contributed by atoms with Crippen molar-refractivity contribution in [2.75, 3.05) is 19.0 Å². The molecule has 1 saturated heterocycles. The number of benzene rings is 1. The summed E-state index contributed by atoms with van der Waals surface area (Å²) in [7, 11) is 1.63. The van der Waals surface area contributed by atoms with Gasteiger partial charge in [-0.3, -0.25) is 4.79 Å². The summed E-state index contributed by atoms with van der Waals surface area (Å²) < 4.78 is 5.20. The van der Waals surface area contributed by atoms with Gasteiger partial charge < -0.3 is 15.0 Å². The molecule has 3 aromatic rings. The molecule has 0 radical (unpaired) electrons. The lowest BCUT2D eigenvalue weighted by Gasteiger charge is -2.35. The molecule has 0 spiro atoms. The highest BCUT2D eigenvalue weighted by Crippen LogP contribution is 2.31. The van der Waals surface area contributed by atoms with Crippen molar-refractivity contribution >= 4 is 17.5 Å². The van der Waals surface area contributed by atoms with Crippen LogP contribution < -0.4 is 10.1 Å². The fourth-order valence-corrected chi connectivity index (χ4v) is 3.67. The van der Waals surface area contributed by atoms with Crippen LogP contribution in [0.4, 0.5) is 11.6 Å². The number of hydrogen-bond acceptors (Lipinski definition) is 7. The predicted molar refractivity (Wildman–Crippen MR) is 112 cm³/mol. The molecule has 8 heteroatoms. The number of piperidine rings is 1. The van der Waals surface area contributed by atoms with Crippen LogP contribution in [0.15, 0.2) is 55.2 Å². The van der Waals surface area contributed by atoms with Crippen LogP contribution in [0.2, 0.25) is 0 Å². The van der Waals surface area contributed by atoms with E-state index in [2.05, 4.69) is 25.3 Å². The minimum Gasteiger partial charge on any atom is -0.497 e. The molecule has 4 rings (SSSR count). The number of anilines is 2. The minimum atomic E-state index is -0.0555. The van der Waals surface area contributed by atoms with Gasteiger partial charge in [0.1, 0.15) is 12.1 Å². The largest absolute Gasteiger partial charge is 0.497 e. The Morgan fingerprint density at radius 3 is 2.73 bits per heavy atom. The van der Waals surface area contributed by atoms with Crippen molar-refractivity contribution in [1.29, 1.82) is 0 Å². The lowest BCUT2D eigenvalue weighted by molar-refractivity contribution is -0.134. The highest BCUT2D eigenvalue weighted by atomic mass is 16.5. The fraction of sp³-hybridized carbons (Fsp3) is 0.318. The summed E-state index contributed by atoms with van der Waals surface area (Å²) in [5, 5.41) is 3.12. The molecule has 0 aliphatic carbocycles. The summed E-state index contributed by atoms with van der Waals surface area (Å²) in [6.45, 7) is 0.735. The number of carbonyl (C=O) groups is 1. The number of amides is 1. The Morgan fingerprint density at radius 1 is 1.17 bits per heavy atom. The van der Waals surface area contributed by atoms with E-state index in [-0.39, 0.29) is 11.9 Å². The molecule has 1 aliphatic rings. The zero-order valence-corrected chi connectivity index (χ0v) is 16.9. The first-order chi connectivity index (χ1) is 14.7. The average Bonchev–Trinajstić information content (AvgIpc) is 2.80. The maximum atomic E-state index is 13.1. The quantitative estimate of drug-likeness (QED) is 0.674. The maximum absolute atomic E-state index is 13.1. The third-order valence-electron chi connectivity index (χ3n) is 5.17. The van der Waals surface area contributed by atoms with Crippen LogP contribution in [0, 0.1) is 0 Å². The molecule has 0 bridgehead atoms. The number of hydrogen-bond donors (Lipinski definition) is 1. The smallest absolute Gasteiger partial charge is 0.227 e. The molecule has 1 amide bonds. The van der Waals surface area contributed by atoms with E-state index in [1.807, 2.05) is 35.2 Å². The number of carbonyl (C=O) groups excluding carboxylic acids is 1. The van der Waals surface area contributed by atoms with Gasteiger partial charge >= 0.3 is 0 Å². The van der Waals surface area contributed by atoms with Crippen molar-refractivity contribution in [1.82, 2.24) is 24.8 Å². The predicted octanol–water partition coefficient (Wildman–Crippen LogP) is 3.32.